The monoisotopic (exact) mass is 341 g/mol. The van der Waals surface area contributed by atoms with Crippen LogP contribution >= 0.6 is 0 Å². The number of aliphatic hydroxyl groups is 1. The van der Waals surface area contributed by atoms with Gasteiger partial charge in [-0.1, -0.05) is 32.9 Å². The molecule has 0 unspecified atom stereocenters. The molecule has 2 aromatic carbocycles. The van der Waals surface area contributed by atoms with E-state index >= 15 is 0 Å². The van der Waals surface area contributed by atoms with Crippen molar-refractivity contribution in [2.75, 3.05) is 13.2 Å². The summed E-state index contributed by atoms with van der Waals surface area (Å²) in [6, 6.07) is 11.1. The lowest BCUT2D eigenvalue weighted by Crippen LogP contribution is -2.14. The first-order chi connectivity index (χ1) is 11.9. The summed E-state index contributed by atoms with van der Waals surface area (Å²) >= 11 is 0. The summed E-state index contributed by atoms with van der Waals surface area (Å²) in [4.78, 5) is 1.44. The number of fused-ring (bicyclic) bond motifs is 1. The van der Waals surface area contributed by atoms with E-state index in [0.717, 1.165) is 16.6 Å². The number of ether oxygens (including phenoxy) is 1. The lowest BCUT2D eigenvalue weighted by Gasteiger charge is -2.23. The molecule has 6 nitrogen and oxygen atoms in total. The average molecular weight is 341 g/mol. The van der Waals surface area contributed by atoms with Gasteiger partial charge in [0.15, 0.2) is 0 Å². The van der Waals surface area contributed by atoms with E-state index in [4.69, 9.17) is 9.84 Å². The Balaban J connectivity index is 2.11. The maximum atomic E-state index is 10.8. The van der Waals surface area contributed by atoms with Gasteiger partial charge in [-0.15, -0.1) is 15.0 Å². The molecule has 1 heterocycles. The largest absolute Gasteiger partial charge is 0.505 e. The number of hydrogen-bond donors (Lipinski definition) is 2. The molecule has 0 aliphatic carbocycles. The van der Waals surface area contributed by atoms with Crippen molar-refractivity contribution in [2.45, 2.75) is 32.6 Å². The molecule has 25 heavy (non-hydrogen) atoms. The lowest BCUT2D eigenvalue weighted by atomic mass is 9.86. The molecule has 0 spiro atoms. The highest BCUT2D eigenvalue weighted by Crippen LogP contribution is 2.38. The second-order valence-corrected chi connectivity index (χ2v) is 6.99. The van der Waals surface area contributed by atoms with Crippen LogP contribution in [-0.4, -0.2) is 38.4 Å². The third-order valence-corrected chi connectivity index (χ3v) is 3.94. The molecule has 0 amide bonds. The van der Waals surface area contributed by atoms with Crippen molar-refractivity contribution in [1.82, 2.24) is 15.0 Å². The number of nitrogens with zero attached hydrogens (tertiary/aromatic N) is 3. The molecule has 6 heteroatoms. The van der Waals surface area contributed by atoms with Crippen LogP contribution in [0, 0.1) is 0 Å². The Hall–Kier alpha value is -2.60. The number of aliphatic hydroxyl groups excluding tert-OH is 1. The van der Waals surface area contributed by atoms with Crippen molar-refractivity contribution in [3.05, 3.63) is 42.0 Å². The van der Waals surface area contributed by atoms with Crippen LogP contribution in [0.5, 0.6) is 11.5 Å². The first kappa shape index (κ1) is 17.2. The third-order valence-electron chi connectivity index (χ3n) is 3.94. The molecule has 0 aliphatic rings. The summed E-state index contributed by atoms with van der Waals surface area (Å²) < 4.78 is 5.73. The number of aromatic hydroxyl groups is 1. The predicted octanol–water partition coefficient (Wildman–Crippen LogP) is 3.18. The molecule has 2 N–H and O–H groups in total. The minimum Gasteiger partial charge on any atom is -0.505 e. The van der Waals surface area contributed by atoms with Gasteiger partial charge in [0.05, 0.1) is 6.61 Å². The van der Waals surface area contributed by atoms with Gasteiger partial charge in [-0.3, -0.25) is 0 Å². The van der Waals surface area contributed by atoms with Gasteiger partial charge < -0.3 is 14.9 Å². The molecular formula is C19H23N3O3. The fraction of sp³-hybridized carbons (Fsp3) is 0.368. The average Bonchev–Trinajstić information content (AvgIpc) is 2.99. The van der Waals surface area contributed by atoms with Crippen molar-refractivity contribution in [1.29, 1.82) is 0 Å². The molecule has 0 bridgehead atoms. The third kappa shape index (κ3) is 3.58. The van der Waals surface area contributed by atoms with Crippen LogP contribution in [0.3, 0.4) is 0 Å². The fourth-order valence-electron chi connectivity index (χ4n) is 2.62. The first-order valence-corrected chi connectivity index (χ1v) is 8.34. The fourth-order valence-corrected chi connectivity index (χ4v) is 2.62. The SMILES string of the molecule is CC(C)(C)c1cc(OCCCO)cc(-n2nc3ccccc3n2)c1O. The van der Waals surface area contributed by atoms with E-state index in [1.165, 1.54) is 4.80 Å². The number of phenolic OH excluding ortho intramolecular Hbond substituents is 1. The van der Waals surface area contributed by atoms with E-state index < -0.39 is 0 Å². The zero-order chi connectivity index (χ0) is 18.0. The van der Waals surface area contributed by atoms with Crippen molar-refractivity contribution in [3.8, 4) is 17.2 Å². The molecule has 0 atom stereocenters. The highest BCUT2D eigenvalue weighted by Gasteiger charge is 2.23. The van der Waals surface area contributed by atoms with Gasteiger partial charge in [-0.05, 0) is 23.6 Å². The first-order valence-electron chi connectivity index (χ1n) is 8.34. The Morgan fingerprint density at radius 2 is 1.72 bits per heavy atom. The Morgan fingerprint density at radius 1 is 1.08 bits per heavy atom. The summed E-state index contributed by atoms with van der Waals surface area (Å²) in [5, 5.41) is 28.7. The predicted molar refractivity (Wildman–Crippen MR) is 96.4 cm³/mol. The normalized spacial score (nSPS) is 11.8. The van der Waals surface area contributed by atoms with Gasteiger partial charge in [-0.2, -0.15) is 0 Å². The summed E-state index contributed by atoms with van der Waals surface area (Å²) in [6.07, 6.45) is 0.547. The molecule has 0 saturated heterocycles. The van der Waals surface area contributed by atoms with E-state index in [2.05, 4.69) is 10.2 Å². The Bertz CT molecular complexity index is 848. The number of phenols is 1. The zero-order valence-electron chi connectivity index (χ0n) is 14.7. The van der Waals surface area contributed by atoms with Crippen LogP contribution in [0.2, 0.25) is 0 Å². The topological polar surface area (TPSA) is 80.4 Å². The molecule has 0 saturated carbocycles. The quantitative estimate of drug-likeness (QED) is 0.697. The van der Waals surface area contributed by atoms with E-state index in [0.29, 0.717) is 24.5 Å². The molecule has 0 aliphatic heterocycles. The van der Waals surface area contributed by atoms with Crippen LogP contribution < -0.4 is 4.74 Å². The number of benzene rings is 2. The molecule has 132 valence electrons. The van der Waals surface area contributed by atoms with Crippen molar-refractivity contribution in [3.63, 3.8) is 0 Å². The molecule has 0 radical (unpaired) electrons. The minimum absolute atomic E-state index is 0.0726. The maximum Gasteiger partial charge on any atom is 0.147 e. The highest BCUT2D eigenvalue weighted by molar-refractivity contribution is 5.74. The summed E-state index contributed by atoms with van der Waals surface area (Å²) in [5.74, 6) is 0.759. The molecule has 0 fully saturated rings. The highest BCUT2D eigenvalue weighted by atomic mass is 16.5. The van der Waals surface area contributed by atoms with Gasteiger partial charge in [0.1, 0.15) is 28.2 Å². The van der Waals surface area contributed by atoms with Gasteiger partial charge in [-0.25, -0.2) is 0 Å². The van der Waals surface area contributed by atoms with Gasteiger partial charge in [0.25, 0.3) is 0 Å². The van der Waals surface area contributed by atoms with Gasteiger partial charge in [0.2, 0.25) is 0 Å². The van der Waals surface area contributed by atoms with Crippen LogP contribution in [0.4, 0.5) is 0 Å². The molecule has 1 aromatic heterocycles. The van der Waals surface area contributed by atoms with E-state index in [9.17, 15) is 5.11 Å². The van der Waals surface area contributed by atoms with Crippen LogP contribution in [0.1, 0.15) is 32.8 Å². The second kappa shape index (κ2) is 6.72. The standard InChI is InChI=1S/C19H23N3O3/c1-19(2,3)14-11-13(25-10-6-9-23)12-17(18(14)24)22-20-15-7-4-5-8-16(15)21-22/h4-5,7-8,11-12,23-24H,6,9-10H2,1-3H3. The van der Waals surface area contributed by atoms with Crippen molar-refractivity contribution >= 4 is 11.0 Å². The van der Waals surface area contributed by atoms with Crippen molar-refractivity contribution < 1.29 is 14.9 Å². The summed E-state index contributed by atoms with van der Waals surface area (Å²) in [6.45, 7) is 6.55. The van der Waals surface area contributed by atoms with E-state index in [1.54, 1.807) is 6.07 Å². The van der Waals surface area contributed by atoms with Crippen molar-refractivity contribution in [2.24, 2.45) is 0 Å². The second-order valence-electron chi connectivity index (χ2n) is 6.99. The van der Waals surface area contributed by atoms with E-state index in [1.807, 2.05) is 51.1 Å². The Kier molecular flexibility index (Phi) is 4.63. The van der Waals surface area contributed by atoms with Gasteiger partial charge in [0, 0.05) is 24.7 Å². The Morgan fingerprint density at radius 3 is 2.28 bits per heavy atom. The van der Waals surface area contributed by atoms with Crippen LogP contribution in [-0.2, 0) is 5.41 Å². The maximum absolute atomic E-state index is 10.8. The molecule has 3 rings (SSSR count). The van der Waals surface area contributed by atoms with Gasteiger partial charge >= 0.3 is 0 Å². The summed E-state index contributed by atoms with van der Waals surface area (Å²) in [7, 11) is 0. The number of aromatic nitrogens is 3. The summed E-state index contributed by atoms with van der Waals surface area (Å²) in [5.41, 5.74) is 2.46. The lowest BCUT2D eigenvalue weighted by molar-refractivity contribution is 0.233. The number of hydrogen-bond acceptors (Lipinski definition) is 5. The Labute approximate surface area is 146 Å². The van der Waals surface area contributed by atoms with E-state index in [-0.39, 0.29) is 17.8 Å². The van der Waals surface area contributed by atoms with Crippen LogP contribution in [0.15, 0.2) is 36.4 Å². The van der Waals surface area contributed by atoms with Crippen LogP contribution in [0.25, 0.3) is 16.7 Å². The molecular weight excluding hydrogens is 318 g/mol. The molecule has 3 aromatic rings. The number of rotatable bonds is 5. The zero-order valence-corrected chi connectivity index (χ0v) is 14.7. The smallest absolute Gasteiger partial charge is 0.147 e. The minimum atomic E-state index is -0.276.